The van der Waals surface area contributed by atoms with Gasteiger partial charge < -0.3 is 16.1 Å². The first-order valence-electron chi connectivity index (χ1n) is 7.65. The summed E-state index contributed by atoms with van der Waals surface area (Å²) >= 11 is 0. The molecule has 0 unspecified atom stereocenters. The van der Waals surface area contributed by atoms with Crippen molar-refractivity contribution in [1.82, 2.24) is 10.7 Å². The number of hydrogen-bond acceptors (Lipinski definition) is 4. The first-order valence-corrected chi connectivity index (χ1v) is 7.65. The summed E-state index contributed by atoms with van der Waals surface area (Å²) in [5.41, 5.74) is 9.29. The molecule has 116 valence electrons. The van der Waals surface area contributed by atoms with Crippen LogP contribution < -0.4 is 21.9 Å². The smallest absolute Gasteiger partial charge is 0.0801 e. The van der Waals surface area contributed by atoms with Crippen molar-refractivity contribution in [2.24, 2.45) is 5.84 Å². The van der Waals surface area contributed by atoms with E-state index in [-0.39, 0.29) is 0 Å². The normalized spacial score (nSPS) is 15.8. The molecule has 0 spiro atoms. The van der Waals surface area contributed by atoms with E-state index >= 15 is 0 Å². The van der Waals surface area contributed by atoms with Crippen LogP contribution >= 0.6 is 0 Å². The first kappa shape index (κ1) is 15.9. The van der Waals surface area contributed by atoms with Crippen LogP contribution in [0.4, 0.5) is 5.69 Å². The number of nitrogens with one attached hydrogen (secondary N) is 3. The highest BCUT2D eigenvalue weighted by Crippen LogP contribution is 2.31. The number of hydrazine groups is 1. The van der Waals surface area contributed by atoms with Gasteiger partial charge >= 0.3 is 0 Å². The van der Waals surface area contributed by atoms with Crippen LogP contribution in [0, 0.1) is 0 Å². The highest BCUT2D eigenvalue weighted by Gasteiger charge is 2.18. The summed E-state index contributed by atoms with van der Waals surface area (Å²) < 4.78 is 0. The van der Waals surface area contributed by atoms with Crippen molar-refractivity contribution in [3.63, 3.8) is 0 Å². The Balaban J connectivity index is 0.000000847. The molecule has 2 aromatic rings. The lowest BCUT2D eigenvalue weighted by atomic mass is 9.97. The van der Waals surface area contributed by atoms with Gasteiger partial charge in [0, 0.05) is 30.4 Å². The van der Waals surface area contributed by atoms with Crippen LogP contribution in [0.3, 0.4) is 0 Å². The van der Waals surface area contributed by atoms with Crippen LogP contribution in [0.5, 0.6) is 0 Å². The fourth-order valence-electron chi connectivity index (χ4n) is 2.64. The first-order chi connectivity index (χ1) is 10.8. The van der Waals surface area contributed by atoms with Gasteiger partial charge in [0.15, 0.2) is 0 Å². The molecule has 1 heterocycles. The standard InChI is InChI=1S/C16H18N4.C2H6/c1-18-15-13-8-4-5-9-14(13)19-10-11-6-2-3-7-12(11)16(15)20-17;1-2/h2-9,18-20H,10,17H2,1H3;1-2H3/b16-15-;. The average molecular weight is 296 g/mol. The molecule has 1 aliphatic heterocycles. The lowest BCUT2D eigenvalue weighted by molar-refractivity contribution is 0.964. The molecule has 22 heavy (non-hydrogen) atoms. The van der Waals surface area contributed by atoms with Crippen LogP contribution in [-0.2, 0) is 6.54 Å². The second kappa shape index (κ2) is 7.52. The minimum absolute atomic E-state index is 0.773. The van der Waals surface area contributed by atoms with Gasteiger partial charge in [-0.15, -0.1) is 0 Å². The lowest BCUT2D eigenvalue weighted by Gasteiger charge is -2.23. The number of rotatable bonds is 2. The van der Waals surface area contributed by atoms with Crippen molar-refractivity contribution in [1.29, 1.82) is 0 Å². The Hall–Kier alpha value is -2.46. The van der Waals surface area contributed by atoms with Crippen LogP contribution in [0.2, 0.25) is 0 Å². The van der Waals surface area contributed by atoms with Crippen molar-refractivity contribution in [2.75, 3.05) is 12.4 Å². The van der Waals surface area contributed by atoms with E-state index in [1.54, 1.807) is 0 Å². The van der Waals surface area contributed by atoms with Crippen molar-refractivity contribution >= 4 is 17.1 Å². The molecule has 5 N–H and O–H groups in total. The number of nitrogens with two attached hydrogens (primary N) is 1. The summed E-state index contributed by atoms with van der Waals surface area (Å²) in [5, 5.41) is 6.75. The largest absolute Gasteiger partial charge is 0.386 e. The summed E-state index contributed by atoms with van der Waals surface area (Å²) in [6, 6.07) is 16.5. The minimum atomic E-state index is 0.773. The summed E-state index contributed by atoms with van der Waals surface area (Å²) in [6.07, 6.45) is 0. The third-order valence-corrected chi connectivity index (χ3v) is 3.60. The number of para-hydroxylation sites is 1. The van der Waals surface area contributed by atoms with Gasteiger partial charge in [0.05, 0.1) is 11.4 Å². The summed E-state index contributed by atoms with van der Waals surface area (Å²) in [4.78, 5) is 0. The van der Waals surface area contributed by atoms with Crippen LogP contribution in [0.1, 0.15) is 30.5 Å². The Morgan fingerprint density at radius 2 is 1.55 bits per heavy atom. The van der Waals surface area contributed by atoms with E-state index in [2.05, 4.69) is 40.3 Å². The third kappa shape index (κ3) is 2.92. The summed E-state index contributed by atoms with van der Waals surface area (Å²) in [6.45, 7) is 4.77. The number of anilines is 1. The molecule has 0 saturated heterocycles. The zero-order valence-corrected chi connectivity index (χ0v) is 13.4. The molecule has 0 bridgehead atoms. The number of hydrogen-bond donors (Lipinski definition) is 4. The molecule has 0 fully saturated rings. The highest BCUT2D eigenvalue weighted by molar-refractivity contribution is 5.93. The molecular formula is C18H24N4. The monoisotopic (exact) mass is 296 g/mol. The molecule has 2 aromatic carbocycles. The van der Waals surface area contributed by atoms with Gasteiger partial charge in [-0.05, 0) is 11.6 Å². The Morgan fingerprint density at radius 1 is 0.909 bits per heavy atom. The molecule has 0 radical (unpaired) electrons. The topological polar surface area (TPSA) is 62.1 Å². The zero-order valence-electron chi connectivity index (χ0n) is 13.4. The van der Waals surface area contributed by atoms with Gasteiger partial charge in [0.2, 0.25) is 0 Å². The Labute approximate surface area is 132 Å². The molecule has 1 aliphatic rings. The maximum absolute atomic E-state index is 5.79. The molecule has 0 amide bonds. The van der Waals surface area contributed by atoms with E-state index in [0.717, 1.165) is 34.8 Å². The maximum Gasteiger partial charge on any atom is 0.0801 e. The Morgan fingerprint density at radius 3 is 2.23 bits per heavy atom. The SMILES string of the molecule is CC.CN/C1=C(\NN)c2ccccc2CNc2ccccc21. The maximum atomic E-state index is 5.79. The predicted molar refractivity (Wildman–Crippen MR) is 94.8 cm³/mol. The fraction of sp³-hybridized carbons (Fsp3) is 0.222. The van der Waals surface area contributed by atoms with Gasteiger partial charge in [-0.1, -0.05) is 56.3 Å². The molecule has 4 heteroatoms. The highest BCUT2D eigenvalue weighted by atomic mass is 15.2. The van der Waals surface area contributed by atoms with Crippen molar-refractivity contribution in [3.8, 4) is 0 Å². The second-order valence-corrected chi connectivity index (χ2v) is 4.70. The molecule has 3 rings (SSSR count). The van der Waals surface area contributed by atoms with Crippen molar-refractivity contribution in [3.05, 3.63) is 65.2 Å². The Bertz CT molecular complexity index is 604. The van der Waals surface area contributed by atoms with Crippen LogP contribution in [-0.4, -0.2) is 7.05 Å². The van der Waals surface area contributed by atoms with E-state index in [1.807, 2.05) is 45.2 Å². The lowest BCUT2D eigenvalue weighted by Crippen LogP contribution is -2.26. The van der Waals surface area contributed by atoms with Gasteiger partial charge in [0.1, 0.15) is 0 Å². The number of fused-ring (bicyclic) bond motifs is 2. The third-order valence-electron chi connectivity index (χ3n) is 3.60. The van der Waals surface area contributed by atoms with E-state index in [4.69, 9.17) is 5.84 Å². The second-order valence-electron chi connectivity index (χ2n) is 4.70. The van der Waals surface area contributed by atoms with Gasteiger partial charge in [0.25, 0.3) is 0 Å². The molecule has 4 nitrogen and oxygen atoms in total. The van der Waals surface area contributed by atoms with Gasteiger partial charge in [-0.3, -0.25) is 5.84 Å². The van der Waals surface area contributed by atoms with Gasteiger partial charge in [-0.2, -0.15) is 0 Å². The zero-order chi connectivity index (χ0) is 15.9. The fourth-order valence-corrected chi connectivity index (χ4v) is 2.64. The molecule has 0 aromatic heterocycles. The number of benzene rings is 2. The van der Waals surface area contributed by atoms with Crippen LogP contribution in [0.15, 0.2) is 48.5 Å². The summed E-state index contributed by atoms with van der Waals surface area (Å²) in [7, 11) is 1.91. The van der Waals surface area contributed by atoms with E-state index in [9.17, 15) is 0 Å². The van der Waals surface area contributed by atoms with Crippen LogP contribution in [0.25, 0.3) is 11.4 Å². The summed E-state index contributed by atoms with van der Waals surface area (Å²) in [5.74, 6) is 5.79. The Kier molecular flexibility index (Phi) is 5.44. The van der Waals surface area contributed by atoms with E-state index in [0.29, 0.717) is 0 Å². The van der Waals surface area contributed by atoms with E-state index in [1.165, 1.54) is 5.56 Å². The molecule has 0 atom stereocenters. The minimum Gasteiger partial charge on any atom is -0.386 e. The molecule has 0 aliphatic carbocycles. The molecule has 0 saturated carbocycles. The van der Waals surface area contributed by atoms with E-state index < -0.39 is 0 Å². The molecular weight excluding hydrogens is 272 g/mol. The average Bonchev–Trinajstić information content (AvgIpc) is 2.59. The van der Waals surface area contributed by atoms with Crippen molar-refractivity contribution in [2.45, 2.75) is 20.4 Å². The van der Waals surface area contributed by atoms with Gasteiger partial charge in [-0.25, -0.2) is 0 Å². The predicted octanol–water partition coefficient (Wildman–Crippen LogP) is 3.15. The van der Waals surface area contributed by atoms with Crippen molar-refractivity contribution < 1.29 is 0 Å². The quantitative estimate of drug-likeness (QED) is 0.508.